The number of aryl methyl sites for hydroxylation is 1. The van der Waals surface area contributed by atoms with Crippen LogP contribution in [0.2, 0.25) is 0 Å². The number of fused-ring (bicyclic) bond motifs is 1. The summed E-state index contributed by atoms with van der Waals surface area (Å²) in [7, 11) is 0. The van der Waals surface area contributed by atoms with Crippen molar-refractivity contribution in [3.8, 4) is 0 Å². The van der Waals surface area contributed by atoms with Gasteiger partial charge in [0.05, 0.1) is 0 Å². The van der Waals surface area contributed by atoms with E-state index in [4.69, 9.17) is 0 Å². The van der Waals surface area contributed by atoms with Crippen LogP contribution in [0.4, 0.5) is 5.82 Å². The lowest BCUT2D eigenvalue weighted by molar-refractivity contribution is 0.551. The van der Waals surface area contributed by atoms with Crippen LogP contribution in [0.15, 0.2) is 18.5 Å². The Morgan fingerprint density at radius 2 is 2.28 bits per heavy atom. The molecule has 1 aliphatic heterocycles. The predicted molar refractivity (Wildman–Crippen MR) is 76.4 cm³/mol. The summed E-state index contributed by atoms with van der Waals surface area (Å²) in [5.74, 6) is 1.87. The molecule has 0 spiro atoms. The molecule has 1 saturated heterocycles. The second kappa shape index (κ2) is 4.53. The van der Waals surface area contributed by atoms with E-state index in [1.807, 2.05) is 4.52 Å². The predicted octanol–water partition coefficient (Wildman–Crippen LogP) is 2.65. The first-order chi connectivity index (χ1) is 8.70. The highest BCUT2D eigenvalue weighted by molar-refractivity contribution is 9.09. The van der Waals surface area contributed by atoms with Gasteiger partial charge in [-0.2, -0.15) is 9.61 Å². The van der Waals surface area contributed by atoms with E-state index in [0.717, 1.165) is 23.3 Å². The van der Waals surface area contributed by atoms with Gasteiger partial charge in [-0.05, 0) is 37.0 Å². The molecule has 1 aliphatic rings. The number of alkyl halides is 1. The number of nitrogens with zero attached hydrogens (tertiary/aromatic N) is 4. The molecule has 5 heteroatoms. The van der Waals surface area contributed by atoms with E-state index in [0.29, 0.717) is 12.0 Å². The quantitative estimate of drug-likeness (QED) is 0.800. The molecule has 3 heterocycles. The molecule has 2 unspecified atom stereocenters. The largest absolute Gasteiger partial charge is 0.352 e. The second-order valence-electron chi connectivity index (χ2n) is 5.10. The molecular weight excluding hydrogens is 292 g/mol. The standard InChI is InChI=1S/C13H17BrN4/c1-9-5-12-15-8-16-18(12)13(6-9)17-4-3-10(2)11(17)7-14/h5-6,8,10-11H,3-4,7H2,1-2H3. The van der Waals surface area contributed by atoms with Gasteiger partial charge >= 0.3 is 0 Å². The molecule has 0 aliphatic carbocycles. The molecule has 2 aromatic rings. The first kappa shape index (κ1) is 12.0. The fourth-order valence-corrected chi connectivity index (χ4v) is 3.76. The number of pyridine rings is 1. The molecule has 0 saturated carbocycles. The van der Waals surface area contributed by atoms with Crippen molar-refractivity contribution in [3.63, 3.8) is 0 Å². The van der Waals surface area contributed by atoms with Gasteiger partial charge in [0.2, 0.25) is 0 Å². The lowest BCUT2D eigenvalue weighted by Crippen LogP contribution is -2.34. The van der Waals surface area contributed by atoms with Crippen LogP contribution in [0.3, 0.4) is 0 Å². The highest BCUT2D eigenvalue weighted by Crippen LogP contribution is 2.31. The Kier molecular flexibility index (Phi) is 3.01. The van der Waals surface area contributed by atoms with Gasteiger partial charge in [0.1, 0.15) is 12.1 Å². The first-order valence-electron chi connectivity index (χ1n) is 6.33. The minimum atomic E-state index is 0.541. The van der Waals surface area contributed by atoms with Gasteiger partial charge in [-0.3, -0.25) is 0 Å². The molecule has 96 valence electrons. The monoisotopic (exact) mass is 308 g/mol. The van der Waals surface area contributed by atoms with Gasteiger partial charge in [-0.1, -0.05) is 22.9 Å². The first-order valence-corrected chi connectivity index (χ1v) is 7.46. The molecule has 0 aromatic carbocycles. The van der Waals surface area contributed by atoms with Crippen molar-refractivity contribution in [2.75, 3.05) is 16.8 Å². The van der Waals surface area contributed by atoms with E-state index < -0.39 is 0 Å². The molecule has 3 rings (SSSR count). The van der Waals surface area contributed by atoms with Crippen LogP contribution in [0.1, 0.15) is 18.9 Å². The molecule has 2 atom stereocenters. The minimum absolute atomic E-state index is 0.541. The number of hydrogen-bond acceptors (Lipinski definition) is 3. The van der Waals surface area contributed by atoms with E-state index in [-0.39, 0.29) is 0 Å². The van der Waals surface area contributed by atoms with Crippen LogP contribution in [0.25, 0.3) is 5.65 Å². The average Bonchev–Trinajstić information content (AvgIpc) is 2.93. The highest BCUT2D eigenvalue weighted by Gasteiger charge is 2.31. The van der Waals surface area contributed by atoms with Crippen LogP contribution in [0, 0.1) is 12.8 Å². The summed E-state index contributed by atoms with van der Waals surface area (Å²) < 4.78 is 1.95. The zero-order chi connectivity index (χ0) is 12.7. The summed E-state index contributed by atoms with van der Waals surface area (Å²) in [5.41, 5.74) is 2.16. The molecular formula is C13H17BrN4. The number of rotatable bonds is 2. The maximum atomic E-state index is 4.35. The van der Waals surface area contributed by atoms with Crippen molar-refractivity contribution in [1.82, 2.24) is 14.6 Å². The SMILES string of the molecule is Cc1cc(N2CCC(C)C2CBr)n2ncnc2c1. The molecule has 0 amide bonds. The minimum Gasteiger partial charge on any atom is -0.352 e. The third-order valence-corrected chi connectivity index (χ3v) is 4.50. The molecule has 0 radical (unpaired) electrons. The number of aromatic nitrogens is 3. The average molecular weight is 309 g/mol. The normalized spacial score (nSPS) is 24.1. The third kappa shape index (κ3) is 1.81. The topological polar surface area (TPSA) is 33.4 Å². The highest BCUT2D eigenvalue weighted by atomic mass is 79.9. The Balaban J connectivity index is 2.11. The molecule has 0 bridgehead atoms. The van der Waals surface area contributed by atoms with Crippen LogP contribution in [0.5, 0.6) is 0 Å². The lowest BCUT2D eigenvalue weighted by atomic mass is 10.1. The smallest absolute Gasteiger partial charge is 0.157 e. The third-order valence-electron chi connectivity index (χ3n) is 3.84. The molecule has 18 heavy (non-hydrogen) atoms. The molecule has 2 aromatic heterocycles. The van der Waals surface area contributed by atoms with Gasteiger partial charge in [0.15, 0.2) is 5.65 Å². The number of halogens is 1. The van der Waals surface area contributed by atoms with E-state index in [2.05, 4.69) is 56.9 Å². The number of anilines is 1. The van der Waals surface area contributed by atoms with Gasteiger partial charge < -0.3 is 4.90 Å². The van der Waals surface area contributed by atoms with Crippen molar-refractivity contribution < 1.29 is 0 Å². The van der Waals surface area contributed by atoms with Crippen molar-refractivity contribution in [2.24, 2.45) is 5.92 Å². The van der Waals surface area contributed by atoms with Crippen LogP contribution in [-0.4, -0.2) is 32.5 Å². The second-order valence-corrected chi connectivity index (χ2v) is 5.75. The summed E-state index contributed by atoms with van der Waals surface area (Å²) >= 11 is 3.64. The summed E-state index contributed by atoms with van der Waals surface area (Å²) in [4.78, 5) is 6.75. The maximum absolute atomic E-state index is 4.35. The van der Waals surface area contributed by atoms with Crippen molar-refractivity contribution in [1.29, 1.82) is 0 Å². The van der Waals surface area contributed by atoms with Gasteiger partial charge in [-0.25, -0.2) is 4.98 Å². The molecule has 0 N–H and O–H groups in total. The fraction of sp³-hybridized carbons (Fsp3) is 0.538. The number of hydrogen-bond donors (Lipinski definition) is 0. The van der Waals surface area contributed by atoms with Crippen LogP contribution < -0.4 is 4.90 Å². The maximum Gasteiger partial charge on any atom is 0.157 e. The summed E-state index contributed by atoms with van der Waals surface area (Å²) in [6.45, 7) is 5.52. The Bertz CT molecular complexity index is 565. The van der Waals surface area contributed by atoms with Crippen molar-refractivity contribution >= 4 is 27.4 Å². The van der Waals surface area contributed by atoms with Gasteiger partial charge in [0.25, 0.3) is 0 Å². The lowest BCUT2D eigenvalue weighted by Gasteiger charge is -2.27. The van der Waals surface area contributed by atoms with E-state index in [1.165, 1.54) is 12.0 Å². The zero-order valence-corrected chi connectivity index (χ0v) is 12.3. The molecule has 1 fully saturated rings. The van der Waals surface area contributed by atoms with Crippen molar-refractivity contribution in [3.05, 3.63) is 24.0 Å². The van der Waals surface area contributed by atoms with Crippen molar-refractivity contribution in [2.45, 2.75) is 26.3 Å². The van der Waals surface area contributed by atoms with Gasteiger partial charge in [0, 0.05) is 17.9 Å². The van der Waals surface area contributed by atoms with Crippen LogP contribution >= 0.6 is 15.9 Å². The summed E-state index contributed by atoms with van der Waals surface area (Å²) in [5, 5.41) is 5.35. The Morgan fingerprint density at radius 3 is 3.06 bits per heavy atom. The fourth-order valence-electron chi connectivity index (χ4n) is 2.77. The van der Waals surface area contributed by atoms with E-state index in [9.17, 15) is 0 Å². The Labute approximate surface area is 115 Å². The summed E-state index contributed by atoms with van der Waals surface area (Å²) in [6, 6.07) is 4.81. The molecule has 4 nitrogen and oxygen atoms in total. The van der Waals surface area contributed by atoms with E-state index >= 15 is 0 Å². The summed E-state index contributed by atoms with van der Waals surface area (Å²) in [6.07, 6.45) is 2.86. The van der Waals surface area contributed by atoms with Gasteiger partial charge in [-0.15, -0.1) is 0 Å². The zero-order valence-electron chi connectivity index (χ0n) is 10.7. The Hall–Kier alpha value is -1.10. The van der Waals surface area contributed by atoms with E-state index in [1.54, 1.807) is 6.33 Å². The Morgan fingerprint density at radius 1 is 1.44 bits per heavy atom. The van der Waals surface area contributed by atoms with Crippen LogP contribution in [-0.2, 0) is 0 Å².